The van der Waals surface area contributed by atoms with E-state index in [4.69, 9.17) is 9.47 Å². The van der Waals surface area contributed by atoms with Crippen molar-refractivity contribution < 1.29 is 32.4 Å². The standard InChI is InChI=1S/C26H22F3N5O5/c1-2-38-14-15-39-25-31-23(18-4-3-5-19(16-18)26(27,28)29)33(32-25)21-12-8-20(9-13-21)30-24(35)17-6-10-22(11-7-17)34(36)37/h3-13,16H,2,14-15H2,1H3,(H,30,35). The number of carbonyl (C=O) groups excluding carboxylic acids is 1. The van der Waals surface area contributed by atoms with Gasteiger partial charge in [0, 0.05) is 35.6 Å². The molecular formula is C26H22F3N5O5. The number of nitro groups is 1. The summed E-state index contributed by atoms with van der Waals surface area (Å²) in [5.41, 5.74) is 0.285. The predicted molar refractivity (Wildman–Crippen MR) is 135 cm³/mol. The number of anilines is 1. The average molecular weight is 541 g/mol. The Balaban J connectivity index is 1.59. The van der Waals surface area contributed by atoms with Gasteiger partial charge in [0.05, 0.1) is 22.8 Å². The predicted octanol–water partition coefficient (Wildman–Crippen LogP) is 5.53. The number of ether oxygens (including phenoxy) is 2. The van der Waals surface area contributed by atoms with Crippen molar-refractivity contribution in [2.24, 2.45) is 0 Å². The Bertz CT molecular complexity index is 1450. The van der Waals surface area contributed by atoms with Gasteiger partial charge in [-0.25, -0.2) is 4.68 Å². The number of amides is 1. The van der Waals surface area contributed by atoms with Gasteiger partial charge in [-0.15, -0.1) is 5.10 Å². The van der Waals surface area contributed by atoms with Crippen molar-refractivity contribution in [2.75, 3.05) is 25.1 Å². The van der Waals surface area contributed by atoms with Crippen LogP contribution in [0.1, 0.15) is 22.8 Å². The van der Waals surface area contributed by atoms with E-state index in [0.29, 0.717) is 18.0 Å². The Morgan fingerprint density at radius 1 is 1.05 bits per heavy atom. The van der Waals surface area contributed by atoms with Crippen LogP contribution in [-0.2, 0) is 10.9 Å². The van der Waals surface area contributed by atoms with Crippen LogP contribution in [0.15, 0.2) is 72.8 Å². The number of nitro benzene ring substituents is 1. The molecule has 0 spiro atoms. The van der Waals surface area contributed by atoms with Crippen LogP contribution >= 0.6 is 0 Å². The van der Waals surface area contributed by atoms with Crippen molar-refractivity contribution in [3.05, 3.63) is 94.0 Å². The van der Waals surface area contributed by atoms with Crippen molar-refractivity contribution in [3.63, 3.8) is 0 Å². The average Bonchev–Trinajstić information content (AvgIpc) is 3.35. The highest BCUT2D eigenvalue weighted by molar-refractivity contribution is 6.04. The summed E-state index contributed by atoms with van der Waals surface area (Å²) >= 11 is 0. The van der Waals surface area contributed by atoms with E-state index >= 15 is 0 Å². The number of hydrogen-bond acceptors (Lipinski definition) is 7. The van der Waals surface area contributed by atoms with Gasteiger partial charge in [0.2, 0.25) is 0 Å². The molecule has 0 fully saturated rings. The third-order valence-electron chi connectivity index (χ3n) is 5.41. The molecule has 13 heteroatoms. The van der Waals surface area contributed by atoms with E-state index in [1.54, 1.807) is 24.3 Å². The van der Waals surface area contributed by atoms with E-state index < -0.39 is 22.6 Å². The van der Waals surface area contributed by atoms with Crippen molar-refractivity contribution in [1.82, 2.24) is 14.8 Å². The van der Waals surface area contributed by atoms with Gasteiger partial charge in [-0.3, -0.25) is 14.9 Å². The van der Waals surface area contributed by atoms with Gasteiger partial charge < -0.3 is 14.8 Å². The molecule has 1 N–H and O–H groups in total. The normalized spacial score (nSPS) is 11.3. The third kappa shape index (κ3) is 6.76. The zero-order chi connectivity index (χ0) is 28.0. The number of hydrogen-bond donors (Lipinski definition) is 1. The fourth-order valence-electron chi connectivity index (χ4n) is 3.52. The molecule has 1 heterocycles. The second-order valence-corrected chi connectivity index (χ2v) is 8.06. The summed E-state index contributed by atoms with van der Waals surface area (Å²) in [5, 5.41) is 17.8. The number of halogens is 3. The largest absolute Gasteiger partial charge is 0.460 e. The van der Waals surface area contributed by atoms with Crippen LogP contribution in [0.25, 0.3) is 17.1 Å². The number of non-ortho nitro benzene ring substituents is 1. The molecule has 3 aromatic carbocycles. The van der Waals surface area contributed by atoms with Crippen LogP contribution in [0.3, 0.4) is 0 Å². The molecule has 0 atom stereocenters. The molecule has 0 aliphatic carbocycles. The molecule has 0 aliphatic rings. The molecule has 1 amide bonds. The van der Waals surface area contributed by atoms with Crippen LogP contribution in [0.2, 0.25) is 0 Å². The number of benzene rings is 3. The molecule has 0 bridgehead atoms. The first-order valence-electron chi connectivity index (χ1n) is 11.7. The Kier molecular flexibility index (Phi) is 8.20. The monoisotopic (exact) mass is 541 g/mol. The highest BCUT2D eigenvalue weighted by Crippen LogP contribution is 2.33. The number of nitrogens with zero attached hydrogens (tertiary/aromatic N) is 4. The molecule has 39 heavy (non-hydrogen) atoms. The fraction of sp³-hybridized carbons (Fsp3) is 0.192. The lowest BCUT2D eigenvalue weighted by Gasteiger charge is -2.10. The van der Waals surface area contributed by atoms with Crippen LogP contribution in [0.4, 0.5) is 24.5 Å². The van der Waals surface area contributed by atoms with Crippen LogP contribution in [-0.4, -0.2) is 45.4 Å². The van der Waals surface area contributed by atoms with Gasteiger partial charge in [-0.05, 0) is 55.5 Å². The first-order chi connectivity index (χ1) is 18.7. The molecule has 0 saturated heterocycles. The molecule has 0 saturated carbocycles. The number of rotatable bonds is 10. The van der Waals surface area contributed by atoms with Crippen LogP contribution < -0.4 is 10.1 Å². The van der Waals surface area contributed by atoms with Gasteiger partial charge in [0.1, 0.15) is 6.61 Å². The minimum Gasteiger partial charge on any atom is -0.460 e. The number of nitrogens with one attached hydrogen (secondary N) is 1. The minimum absolute atomic E-state index is 0.0438. The van der Waals surface area contributed by atoms with Crippen molar-refractivity contribution >= 4 is 17.3 Å². The van der Waals surface area contributed by atoms with Gasteiger partial charge in [0.15, 0.2) is 5.82 Å². The van der Waals surface area contributed by atoms with Crippen molar-refractivity contribution in [1.29, 1.82) is 0 Å². The first-order valence-corrected chi connectivity index (χ1v) is 11.7. The van der Waals surface area contributed by atoms with Gasteiger partial charge >= 0.3 is 12.2 Å². The van der Waals surface area contributed by atoms with E-state index in [9.17, 15) is 28.1 Å². The summed E-state index contributed by atoms with van der Waals surface area (Å²) in [6.45, 7) is 2.76. The number of carbonyl (C=O) groups is 1. The maximum atomic E-state index is 13.3. The first kappa shape index (κ1) is 27.3. The Labute approximate surface area is 220 Å². The van der Waals surface area contributed by atoms with Crippen LogP contribution in [0.5, 0.6) is 6.01 Å². The SMILES string of the molecule is CCOCCOc1nc(-c2cccc(C(F)(F)F)c2)n(-c2ccc(NC(=O)c3ccc([N+](=O)[O-])cc3)cc2)n1. The lowest BCUT2D eigenvalue weighted by Crippen LogP contribution is -2.12. The number of alkyl halides is 3. The van der Waals surface area contributed by atoms with E-state index in [-0.39, 0.29) is 41.9 Å². The second kappa shape index (κ2) is 11.7. The summed E-state index contributed by atoms with van der Waals surface area (Å²) in [6, 6.07) is 16.1. The molecule has 4 rings (SSSR count). The topological polar surface area (TPSA) is 121 Å². The molecule has 0 aliphatic heterocycles. The fourth-order valence-corrected chi connectivity index (χ4v) is 3.52. The molecule has 4 aromatic rings. The number of aromatic nitrogens is 3. The molecule has 202 valence electrons. The third-order valence-corrected chi connectivity index (χ3v) is 5.41. The molecule has 0 radical (unpaired) electrons. The molecular weight excluding hydrogens is 519 g/mol. The molecule has 1 aromatic heterocycles. The highest BCUT2D eigenvalue weighted by Gasteiger charge is 2.31. The lowest BCUT2D eigenvalue weighted by molar-refractivity contribution is -0.384. The van der Waals surface area contributed by atoms with Crippen molar-refractivity contribution in [2.45, 2.75) is 13.1 Å². The quantitative estimate of drug-likeness (QED) is 0.159. The smallest absolute Gasteiger partial charge is 0.416 e. The van der Waals surface area contributed by atoms with E-state index in [1.165, 1.54) is 41.1 Å². The summed E-state index contributed by atoms with van der Waals surface area (Å²) in [7, 11) is 0. The molecule has 0 unspecified atom stereocenters. The maximum absolute atomic E-state index is 13.3. The highest BCUT2D eigenvalue weighted by atomic mass is 19.4. The summed E-state index contributed by atoms with van der Waals surface area (Å²) in [6.07, 6.45) is -4.54. The summed E-state index contributed by atoms with van der Waals surface area (Å²) in [4.78, 5) is 27.1. The second-order valence-electron chi connectivity index (χ2n) is 8.06. The van der Waals surface area contributed by atoms with Gasteiger partial charge in [-0.2, -0.15) is 18.2 Å². The van der Waals surface area contributed by atoms with Gasteiger partial charge in [-0.1, -0.05) is 12.1 Å². The Morgan fingerprint density at radius 2 is 1.77 bits per heavy atom. The Hall–Kier alpha value is -4.78. The lowest BCUT2D eigenvalue weighted by atomic mass is 10.1. The Morgan fingerprint density at radius 3 is 2.41 bits per heavy atom. The van der Waals surface area contributed by atoms with Crippen LogP contribution in [0, 0.1) is 10.1 Å². The van der Waals surface area contributed by atoms with E-state index in [1.807, 2.05) is 6.92 Å². The molecule has 10 nitrogen and oxygen atoms in total. The van der Waals surface area contributed by atoms with Crippen molar-refractivity contribution in [3.8, 4) is 23.1 Å². The maximum Gasteiger partial charge on any atom is 0.416 e. The summed E-state index contributed by atoms with van der Waals surface area (Å²) < 4.78 is 52.1. The van der Waals surface area contributed by atoms with E-state index in [2.05, 4.69) is 15.4 Å². The summed E-state index contributed by atoms with van der Waals surface area (Å²) in [5.74, 6) is -0.358. The van der Waals surface area contributed by atoms with E-state index in [0.717, 1.165) is 12.1 Å². The zero-order valence-corrected chi connectivity index (χ0v) is 20.5. The minimum atomic E-state index is -4.54. The zero-order valence-electron chi connectivity index (χ0n) is 20.5. The van der Waals surface area contributed by atoms with Gasteiger partial charge in [0.25, 0.3) is 11.6 Å².